The van der Waals surface area contributed by atoms with Crippen LogP contribution in [0.25, 0.3) is 0 Å². The predicted octanol–water partition coefficient (Wildman–Crippen LogP) is 3.25. The quantitative estimate of drug-likeness (QED) is 0.777. The maximum absolute atomic E-state index is 12.0. The van der Waals surface area contributed by atoms with Gasteiger partial charge < -0.3 is 4.42 Å². The zero-order chi connectivity index (χ0) is 13.0. The molecule has 0 aliphatic rings. The lowest BCUT2D eigenvalue weighted by Crippen LogP contribution is -2.25. The number of halogens is 1. The van der Waals surface area contributed by atoms with Crippen LogP contribution in [0.15, 0.2) is 47.3 Å². The van der Waals surface area contributed by atoms with Gasteiger partial charge in [-0.15, -0.1) is 0 Å². The fourth-order valence-corrected chi connectivity index (χ4v) is 1.94. The van der Waals surface area contributed by atoms with E-state index >= 15 is 0 Å². The monoisotopic (exact) mass is 263 g/mol. The van der Waals surface area contributed by atoms with Crippen molar-refractivity contribution < 1.29 is 9.21 Å². The van der Waals surface area contributed by atoms with Crippen molar-refractivity contribution in [3.05, 3.63) is 59.0 Å². The number of rotatable bonds is 5. The first-order chi connectivity index (χ1) is 8.65. The summed E-state index contributed by atoms with van der Waals surface area (Å²) in [5.74, 6) is 0.0588. The van der Waals surface area contributed by atoms with Gasteiger partial charge in [-0.3, -0.25) is 9.69 Å². The highest BCUT2D eigenvalue weighted by atomic mass is 35.5. The largest absolute Gasteiger partial charge is 0.472 e. The lowest BCUT2D eigenvalue weighted by molar-refractivity contribution is 0.0943. The maximum atomic E-state index is 12.0. The first-order valence-corrected chi connectivity index (χ1v) is 6.01. The van der Waals surface area contributed by atoms with Gasteiger partial charge in [-0.1, -0.05) is 23.7 Å². The first-order valence-electron chi connectivity index (χ1n) is 5.63. The van der Waals surface area contributed by atoms with Crippen LogP contribution >= 0.6 is 11.6 Å². The molecule has 0 aliphatic carbocycles. The molecule has 0 aliphatic heterocycles. The van der Waals surface area contributed by atoms with Crippen LogP contribution in [0.3, 0.4) is 0 Å². The van der Waals surface area contributed by atoms with Crippen LogP contribution < -0.4 is 0 Å². The molecule has 18 heavy (non-hydrogen) atoms. The lowest BCUT2D eigenvalue weighted by atomic mass is 10.1. The topological polar surface area (TPSA) is 33.5 Å². The Bertz CT molecular complexity index is 522. The van der Waals surface area contributed by atoms with Crippen molar-refractivity contribution in [2.75, 3.05) is 13.6 Å². The molecule has 4 heteroatoms. The second-order valence-corrected chi connectivity index (χ2v) is 4.67. The summed E-state index contributed by atoms with van der Waals surface area (Å²) >= 11 is 5.86. The molecule has 94 valence electrons. The second kappa shape index (κ2) is 5.85. The number of ketones is 1. The Morgan fingerprint density at radius 2 is 2.22 bits per heavy atom. The summed E-state index contributed by atoms with van der Waals surface area (Å²) in [6.45, 7) is 1.04. The van der Waals surface area contributed by atoms with Crippen molar-refractivity contribution in [2.45, 2.75) is 6.54 Å². The summed E-state index contributed by atoms with van der Waals surface area (Å²) in [5.41, 5.74) is 1.69. The molecule has 0 saturated carbocycles. The first kappa shape index (κ1) is 12.9. The highest BCUT2D eigenvalue weighted by Crippen LogP contribution is 2.12. The van der Waals surface area contributed by atoms with Crippen molar-refractivity contribution in [3.8, 4) is 0 Å². The fraction of sp³-hybridized carbons (Fsp3) is 0.214. The van der Waals surface area contributed by atoms with Gasteiger partial charge in [0.2, 0.25) is 0 Å². The third-order valence-electron chi connectivity index (χ3n) is 2.59. The minimum atomic E-state index is 0.0588. The van der Waals surface area contributed by atoms with Crippen LogP contribution in [-0.2, 0) is 6.54 Å². The van der Waals surface area contributed by atoms with Gasteiger partial charge in [-0.25, -0.2) is 0 Å². The number of nitrogens with zero attached hydrogens (tertiary/aromatic N) is 1. The van der Waals surface area contributed by atoms with E-state index in [0.717, 1.165) is 5.56 Å². The summed E-state index contributed by atoms with van der Waals surface area (Å²) in [4.78, 5) is 14.0. The van der Waals surface area contributed by atoms with Gasteiger partial charge >= 0.3 is 0 Å². The number of carbonyl (C=O) groups excluding carboxylic acids is 1. The zero-order valence-corrected chi connectivity index (χ0v) is 10.9. The minimum absolute atomic E-state index is 0.0588. The molecule has 0 unspecified atom stereocenters. The predicted molar refractivity (Wildman–Crippen MR) is 70.8 cm³/mol. The number of benzene rings is 1. The van der Waals surface area contributed by atoms with Crippen LogP contribution in [-0.4, -0.2) is 24.3 Å². The van der Waals surface area contributed by atoms with Gasteiger partial charge in [0, 0.05) is 22.7 Å². The van der Waals surface area contributed by atoms with Crippen molar-refractivity contribution in [1.29, 1.82) is 0 Å². The number of hydrogen-bond donors (Lipinski definition) is 0. The molecule has 3 nitrogen and oxygen atoms in total. The summed E-state index contributed by atoms with van der Waals surface area (Å²) < 4.78 is 4.99. The van der Waals surface area contributed by atoms with E-state index in [2.05, 4.69) is 0 Å². The van der Waals surface area contributed by atoms with Crippen LogP contribution in [0.1, 0.15) is 15.9 Å². The van der Waals surface area contributed by atoms with Gasteiger partial charge in [-0.05, 0) is 25.2 Å². The third-order valence-corrected chi connectivity index (χ3v) is 2.83. The molecule has 0 fully saturated rings. The molecule has 0 amide bonds. The molecule has 2 aromatic rings. The fourth-order valence-electron chi connectivity index (χ4n) is 1.75. The molecule has 0 bridgehead atoms. The van der Waals surface area contributed by atoms with Crippen LogP contribution in [0, 0.1) is 0 Å². The van der Waals surface area contributed by atoms with Gasteiger partial charge in [0.05, 0.1) is 19.1 Å². The van der Waals surface area contributed by atoms with Crippen molar-refractivity contribution in [1.82, 2.24) is 4.90 Å². The van der Waals surface area contributed by atoms with Crippen LogP contribution in [0.2, 0.25) is 5.02 Å². The average molecular weight is 264 g/mol. The minimum Gasteiger partial charge on any atom is -0.472 e. The number of Topliss-reactive ketones (excluding diaryl/α,β-unsaturated/α-hetero) is 1. The average Bonchev–Trinajstić information content (AvgIpc) is 2.81. The molecule has 0 spiro atoms. The smallest absolute Gasteiger partial charge is 0.176 e. The Kier molecular flexibility index (Phi) is 4.18. The van der Waals surface area contributed by atoms with E-state index < -0.39 is 0 Å². The van der Waals surface area contributed by atoms with Gasteiger partial charge in [0.1, 0.15) is 0 Å². The second-order valence-electron chi connectivity index (χ2n) is 4.24. The molecule has 0 atom stereocenters. The normalized spacial score (nSPS) is 10.8. The molecular weight excluding hydrogens is 250 g/mol. The molecular formula is C14H14ClNO2. The van der Waals surface area contributed by atoms with Gasteiger partial charge in [-0.2, -0.15) is 0 Å². The highest BCUT2D eigenvalue weighted by Gasteiger charge is 2.10. The van der Waals surface area contributed by atoms with E-state index in [9.17, 15) is 4.79 Å². The lowest BCUT2D eigenvalue weighted by Gasteiger charge is -2.14. The van der Waals surface area contributed by atoms with E-state index in [4.69, 9.17) is 16.0 Å². The molecule has 0 saturated heterocycles. The standard InChI is InChI=1S/C14H14ClNO2/c1-16(8-11-5-6-18-10-11)9-14(17)12-3-2-4-13(15)7-12/h2-7,10H,8-9H2,1H3. The molecule has 1 aromatic carbocycles. The van der Waals surface area contributed by atoms with Gasteiger partial charge in [0.25, 0.3) is 0 Å². The van der Waals surface area contributed by atoms with E-state index in [1.165, 1.54) is 0 Å². The Morgan fingerprint density at radius 3 is 2.89 bits per heavy atom. The Hall–Kier alpha value is -1.58. The maximum Gasteiger partial charge on any atom is 0.176 e. The number of furan rings is 1. The summed E-state index contributed by atoms with van der Waals surface area (Å²) in [5, 5.41) is 0.582. The molecule has 0 N–H and O–H groups in total. The van der Waals surface area contributed by atoms with Crippen LogP contribution in [0.5, 0.6) is 0 Å². The van der Waals surface area contributed by atoms with Gasteiger partial charge in [0.15, 0.2) is 5.78 Å². The Balaban J connectivity index is 1.95. The number of carbonyl (C=O) groups is 1. The highest BCUT2D eigenvalue weighted by molar-refractivity contribution is 6.31. The van der Waals surface area contributed by atoms with E-state index in [1.807, 2.05) is 18.0 Å². The Labute approximate surface area is 111 Å². The summed E-state index contributed by atoms with van der Waals surface area (Å²) in [7, 11) is 1.90. The zero-order valence-electron chi connectivity index (χ0n) is 10.1. The van der Waals surface area contributed by atoms with E-state index in [0.29, 0.717) is 23.7 Å². The van der Waals surface area contributed by atoms with Crippen molar-refractivity contribution >= 4 is 17.4 Å². The third kappa shape index (κ3) is 3.45. The number of hydrogen-bond acceptors (Lipinski definition) is 3. The molecule has 1 aromatic heterocycles. The van der Waals surface area contributed by atoms with E-state index in [-0.39, 0.29) is 5.78 Å². The SMILES string of the molecule is CN(CC(=O)c1cccc(Cl)c1)Cc1ccoc1. The summed E-state index contributed by atoms with van der Waals surface area (Å²) in [6, 6.07) is 8.90. The Morgan fingerprint density at radius 1 is 1.39 bits per heavy atom. The van der Waals surface area contributed by atoms with Crippen molar-refractivity contribution in [2.24, 2.45) is 0 Å². The van der Waals surface area contributed by atoms with Crippen LogP contribution in [0.4, 0.5) is 0 Å². The molecule has 1 heterocycles. The summed E-state index contributed by atoms with van der Waals surface area (Å²) in [6.07, 6.45) is 3.31. The van der Waals surface area contributed by atoms with Crippen molar-refractivity contribution in [3.63, 3.8) is 0 Å². The number of likely N-dealkylation sites (N-methyl/N-ethyl adjacent to an activating group) is 1. The molecule has 0 radical (unpaired) electrons. The molecule has 2 rings (SSSR count). The van der Waals surface area contributed by atoms with E-state index in [1.54, 1.807) is 36.8 Å².